The summed E-state index contributed by atoms with van der Waals surface area (Å²) < 4.78 is 0. The summed E-state index contributed by atoms with van der Waals surface area (Å²) in [4.78, 5) is 25.9. The lowest BCUT2D eigenvalue weighted by atomic mass is 10.1. The van der Waals surface area contributed by atoms with Gasteiger partial charge in [-0.15, -0.1) is 11.8 Å². The molecule has 0 spiro atoms. The molecule has 0 heterocycles. The van der Waals surface area contributed by atoms with E-state index < -0.39 is 4.92 Å². The number of nitro groups is 1. The van der Waals surface area contributed by atoms with E-state index in [1.165, 1.54) is 18.3 Å². The van der Waals surface area contributed by atoms with Crippen LogP contribution in [0.1, 0.15) is 21.5 Å². The third-order valence-electron chi connectivity index (χ3n) is 4.51. The van der Waals surface area contributed by atoms with Gasteiger partial charge in [0.1, 0.15) is 0 Å². The van der Waals surface area contributed by atoms with Gasteiger partial charge in [-0.25, -0.2) is 5.43 Å². The minimum Gasteiger partial charge on any atom is -0.377 e. The number of benzene rings is 3. The summed E-state index contributed by atoms with van der Waals surface area (Å²) in [6.07, 6.45) is 1.40. The molecule has 0 radical (unpaired) electrons. The molecule has 32 heavy (non-hydrogen) atoms. The molecule has 0 atom stereocenters. The molecule has 0 aliphatic heterocycles. The topological polar surface area (TPSA) is 87.8 Å². The molecule has 3 rings (SSSR count). The lowest BCUT2D eigenvalue weighted by Gasteiger charge is -2.14. The molecule has 1 amide bonds. The maximum absolute atomic E-state index is 12.4. The maximum atomic E-state index is 12.4. The molecule has 3 aromatic carbocycles. The molecule has 3 aromatic rings. The number of hydrazone groups is 1. The summed E-state index contributed by atoms with van der Waals surface area (Å²) in [7, 11) is 3.65. The van der Waals surface area contributed by atoms with Crippen LogP contribution in [0.4, 0.5) is 11.4 Å². The molecule has 9 heteroatoms. The van der Waals surface area contributed by atoms with Crippen LogP contribution in [0.3, 0.4) is 0 Å². The van der Waals surface area contributed by atoms with Crippen LogP contribution < -0.4 is 10.3 Å². The molecule has 0 aromatic heterocycles. The van der Waals surface area contributed by atoms with Crippen LogP contribution in [0.25, 0.3) is 0 Å². The highest BCUT2D eigenvalue weighted by atomic mass is 35.5. The number of hydrogen-bond donors (Lipinski definition) is 1. The predicted octanol–water partition coefficient (Wildman–Crippen LogP) is 5.37. The van der Waals surface area contributed by atoms with Gasteiger partial charge in [0.15, 0.2) is 0 Å². The van der Waals surface area contributed by atoms with E-state index in [1.807, 2.05) is 55.4 Å². The summed E-state index contributed by atoms with van der Waals surface area (Å²) in [6, 6.07) is 19.4. The van der Waals surface area contributed by atoms with Crippen molar-refractivity contribution in [3.63, 3.8) is 0 Å². The van der Waals surface area contributed by atoms with Crippen molar-refractivity contribution in [2.45, 2.75) is 10.6 Å². The van der Waals surface area contributed by atoms with E-state index in [1.54, 1.807) is 30.0 Å². The van der Waals surface area contributed by atoms with E-state index in [0.29, 0.717) is 16.1 Å². The smallest absolute Gasteiger partial charge is 0.271 e. The molecule has 0 bridgehead atoms. The van der Waals surface area contributed by atoms with Gasteiger partial charge in [0.25, 0.3) is 11.6 Å². The number of rotatable bonds is 8. The van der Waals surface area contributed by atoms with Crippen molar-refractivity contribution in [3.05, 3.63) is 98.6 Å². The van der Waals surface area contributed by atoms with Crippen molar-refractivity contribution in [3.8, 4) is 0 Å². The van der Waals surface area contributed by atoms with Gasteiger partial charge in [0.05, 0.1) is 11.1 Å². The summed E-state index contributed by atoms with van der Waals surface area (Å²) in [5, 5.41) is 15.7. The van der Waals surface area contributed by atoms with Gasteiger partial charge in [0, 0.05) is 58.7 Å². The average molecular weight is 469 g/mol. The SMILES string of the molecule is CN(C)c1ccc([N+](=O)[O-])cc1/C=N\NC(=O)c1ccc(CSc2ccc(Cl)cc2)cc1. The zero-order valence-corrected chi connectivity index (χ0v) is 19.1. The number of carbonyl (C=O) groups is 1. The van der Waals surface area contributed by atoms with Gasteiger partial charge in [-0.05, 0) is 48.0 Å². The molecular weight excluding hydrogens is 448 g/mol. The highest BCUT2D eigenvalue weighted by Gasteiger charge is 2.11. The lowest BCUT2D eigenvalue weighted by Crippen LogP contribution is -2.18. The zero-order chi connectivity index (χ0) is 23.1. The average Bonchev–Trinajstić information content (AvgIpc) is 2.78. The first-order valence-corrected chi connectivity index (χ1v) is 11.0. The number of anilines is 1. The Hall–Kier alpha value is -3.36. The van der Waals surface area contributed by atoms with Gasteiger partial charge < -0.3 is 4.90 Å². The van der Waals surface area contributed by atoms with Crippen molar-refractivity contribution in [1.82, 2.24) is 5.43 Å². The van der Waals surface area contributed by atoms with Crippen molar-refractivity contribution in [2.24, 2.45) is 5.10 Å². The van der Waals surface area contributed by atoms with Crippen LogP contribution in [0.2, 0.25) is 5.02 Å². The number of thioether (sulfide) groups is 1. The first kappa shape index (κ1) is 23.3. The van der Waals surface area contributed by atoms with Crippen LogP contribution in [0, 0.1) is 10.1 Å². The quantitative estimate of drug-likeness (QED) is 0.208. The Morgan fingerprint density at radius 2 is 1.81 bits per heavy atom. The molecule has 0 saturated heterocycles. The van der Waals surface area contributed by atoms with E-state index in [9.17, 15) is 14.9 Å². The molecule has 7 nitrogen and oxygen atoms in total. The Labute approximate surface area is 195 Å². The van der Waals surface area contributed by atoms with Crippen molar-refractivity contribution in [2.75, 3.05) is 19.0 Å². The zero-order valence-electron chi connectivity index (χ0n) is 17.5. The van der Waals surface area contributed by atoms with Crippen LogP contribution in [-0.4, -0.2) is 31.1 Å². The molecule has 0 saturated carbocycles. The normalized spacial score (nSPS) is 10.8. The lowest BCUT2D eigenvalue weighted by molar-refractivity contribution is -0.384. The Balaban J connectivity index is 1.61. The highest BCUT2D eigenvalue weighted by molar-refractivity contribution is 7.98. The van der Waals surface area contributed by atoms with Crippen molar-refractivity contribution >= 4 is 46.9 Å². The predicted molar refractivity (Wildman–Crippen MR) is 130 cm³/mol. The van der Waals surface area contributed by atoms with Crippen LogP contribution in [-0.2, 0) is 5.75 Å². The Morgan fingerprint density at radius 3 is 2.44 bits per heavy atom. The van der Waals surface area contributed by atoms with Gasteiger partial charge in [-0.1, -0.05) is 23.7 Å². The monoisotopic (exact) mass is 468 g/mol. The van der Waals surface area contributed by atoms with Gasteiger partial charge >= 0.3 is 0 Å². The minimum atomic E-state index is -0.470. The summed E-state index contributed by atoms with van der Waals surface area (Å²) in [5.74, 6) is 0.400. The fourth-order valence-corrected chi connectivity index (χ4v) is 3.82. The second-order valence-electron chi connectivity index (χ2n) is 7.03. The summed E-state index contributed by atoms with van der Waals surface area (Å²) >= 11 is 7.58. The van der Waals surface area contributed by atoms with E-state index in [0.717, 1.165) is 21.9 Å². The summed E-state index contributed by atoms with van der Waals surface area (Å²) in [5.41, 5.74) is 5.24. The molecule has 0 fully saturated rings. The number of non-ortho nitro benzene ring substituents is 1. The fraction of sp³-hybridized carbons (Fsp3) is 0.130. The molecule has 1 N–H and O–H groups in total. The number of carbonyl (C=O) groups excluding carboxylic acids is 1. The van der Waals surface area contributed by atoms with Crippen molar-refractivity contribution in [1.29, 1.82) is 0 Å². The van der Waals surface area contributed by atoms with E-state index >= 15 is 0 Å². The largest absolute Gasteiger partial charge is 0.377 e. The first-order valence-electron chi connectivity index (χ1n) is 9.60. The van der Waals surface area contributed by atoms with Gasteiger partial charge in [-0.3, -0.25) is 14.9 Å². The number of hydrogen-bond acceptors (Lipinski definition) is 6. The third-order valence-corrected chi connectivity index (χ3v) is 5.84. The Morgan fingerprint density at radius 1 is 1.12 bits per heavy atom. The van der Waals surface area contributed by atoms with E-state index in [4.69, 9.17) is 11.6 Å². The number of nitrogens with zero attached hydrogens (tertiary/aromatic N) is 3. The molecule has 0 aliphatic rings. The first-order chi connectivity index (χ1) is 15.3. The Bertz CT molecular complexity index is 1130. The number of nitrogens with one attached hydrogen (secondary N) is 1. The van der Waals surface area contributed by atoms with Crippen LogP contribution >= 0.6 is 23.4 Å². The highest BCUT2D eigenvalue weighted by Crippen LogP contribution is 2.25. The Kier molecular flexibility index (Phi) is 7.86. The standard InChI is InChI=1S/C23H21ClN4O3S/c1-27(2)22-12-9-20(28(30)31)13-18(22)14-25-26-23(29)17-5-3-16(4-6-17)15-32-21-10-7-19(24)8-11-21/h3-14H,15H2,1-2H3,(H,26,29)/b25-14-. The maximum Gasteiger partial charge on any atom is 0.271 e. The van der Waals surface area contributed by atoms with E-state index in [-0.39, 0.29) is 11.6 Å². The van der Waals surface area contributed by atoms with Gasteiger partial charge in [0.2, 0.25) is 0 Å². The second kappa shape index (κ2) is 10.8. The number of halogens is 1. The minimum absolute atomic E-state index is 0.0459. The second-order valence-corrected chi connectivity index (χ2v) is 8.52. The number of amides is 1. The number of nitro benzene ring substituents is 1. The van der Waals surface area contributed by atoms with E-state index in [2.05, 4.69) is 10.5 Å². The molecule has 164 valence electrons. The van der Waals surface area contributed by atoms with Crippen LogP contribution in [0.15, 0.2) is 76.7 Å². The molecule has 0 unspecified atom stereocenters. The molecule has 0 aliphatic carbocycles. The summed E-state index contributed by atoms with van der Waals surface area (Å²) in [6.45, 7) is 0. The van der Waals surface area contributed by atoms with Crippen molar-refractivity contribution < 1.29 is 9.72 Å². The van der Waals surface area contributed by atoms with Gasteiger partial charge in [-0.2, -0.15) is 5.10 Å². The van der Waals surface area contributed by atoms with Crippen LogP contribution in [0.5, 0.6) is 0 Å². The molecular formula is C23H21ClN4O3S. The fourth-order valence-electron chi connectivity index (χ4n) is 2.84. The third kappa shape index (κ3) is 6.32.